The summed E-state index contributed by atoms with van der Waals surface area (Å²) in [6, 6.07) is 0. The highest BCUT2D eigenvalue weighted by Crippen LogP contribution is 2.32. The van der Waals surface area contributed by atoms with Crippen molar-refractivity contribution in [2.45, 2.75) is 24.5 Å². The number of hydrogen-bond acceptors (Lipinski definition) is 8. The molecule has 0 aliphatic carbocycles. The first-order valence-corrected chi connectivity index (χ1v) is 8.08. The van der Waals surface area contributed by atoms with Gasteiger partial charge in [0, 0.05) is 17.1 Å². The van der Waals surface area contributed by atoms with Crippen LogP contribution in [-0.2, 0) is 15.5 Å². The molecule has 2 aromatic heterocycles. The first-order chi connectivity index (χ1) is 10.4. The van der Waals surface area contributed by atoms with Crippen molar-refractivity contribution < 1.29 is 23.5 Å². The molecule has 120 valence electrons. The number of aliphatic hydroxyl groups is 2. The van der Waals surface area contributed by atoms with Crippen LogP contribution in [0.15, 0.2) is 6.33 Å². The van der Waals surface area contributed by atoms with Crippen molar-refractivity contribution >= 4 is 27.8 Å². The average molecular weight is 331 g/mol. The molecule has 2 aromatic rings. The number of fused-ring (bicyclic) bond motifs is 1. The Bertz CT molecular complexity index is 741. The largest absolute Gasteiger partial charge is 0.387 e. The predicted octanol–water partition coefficient (Wildman–Crippen LogP) is -1.45. The van der Waals surface area contributed by atoms with E-state index in [1.54, 1.807) is 0 Å². The summed E-state index contributed by atoms with van der Waals surface area (Å²) in [4.78, 5) is 10.9. The molecule has 9 nitrogen and oxygen atoms in total. The summed E-state index contributed by atoms with van der Waals surface area (Å²) in [5, 5.41) is 20.1. The van der Waals surface area contributed by atoms with E-state index in [9.17, 15) is 18.8 Å². The zero-order chi connectivity index (χ0) is 16.0. The van der Waals surface area contributed by atoms with Gasteiger partial charge in [-0.1, -0.05) is 0 Å². The van der Waals surface area contributed by atoms with Crippen LogP contribution in [0, 0.1) is 6.08 Å². The monoisotopic (exact) mass is 331 g/mol. The molecule has 0 aromatic carbocycles. The van der Waals surface area contributed by atoms with E-state index in [1.165, 1.54) is 17.2 Å². The van der Waals surface area contributed by atoms with E-state index in [4.69, 9.17) is 10.5 Å². The SMILES string of the molecule is CS(=O)C[C@H]1O[C@@H](n2cnc3c(N)nc(F)nc32)[C@H](O)[C@@H]1O. The molecule has 1 aliphatic heterocycles. The van der Waals surface area contributed by atoms with E-state index in [1.807, 2.05) is 0 Å². The van der Waals surface area contributed by atoms with Gasteiger partial charge in [-0.3, -0.25) is 8.78 Å². The Labute approximate surface area is 126 Å². The summed E-state index contributed by atoms with van der Waals surface area (Å²) in [6.07, 6.45) is -2.69. The van der Waals surface area contributed by atoms with Gasteiger partial charge in [-0.2, -0.15) is 14.4 Å². The van der Waals surface area contributed by atoms with Crippen LogP contribution in [0.5, 0.6) is 0 Å². The number of rotatable bonds is 3. The van der Waals surface area contributed by atoms with Crippen molar-refractivity contribution in [3.8, 4) is 0 Å². The van der Waals surface area contributed by atoms with E-state index >= 15 is 0 Å². The highest BCUT2D eigenvalue weighted by Gasteiger charge is 2.44. The van der Waals surface area contributed by atoms with Gasteiger partial charge in [0.05, 0.1) is 12.1 Å². The van der Waals surface area contributed by atoms with Gasteiger partial charge >= 0.3 is 6.08 Å². The number of hydrogen-bond donors (Lipinski definition) is 3. The van der Waals surface area contributed by atoms with E-state index in [0.717, 1.165) is 0 Å². The lowest BCUT2D eigenvalue weighted by Gasteiger charge is -2.16. The molecular formula is C11H14FN5O4S. The summed E-state index contributed by atoms with van der Waals surface area (Å²) in [6.45, 7) is 0. The third kappa shape index (κ3) is 2.45. The second-order valence-electron chi connectivity index (χ2n) is 4.99. The molecule has 0 amide bonds. The summed E-state index contributed by atoms with van der Waals surface area (Å²) in [5.41, 5.74) is 5.77. The Morgan fingerprint density at radius 3 is 2.86 bits per heavy atom. The Balaban J connectivity index is 1.99. The van der Waals surface area contributed by atoms with Crippen molar-refractivity contribution in [3.63, 3.8) is 0 Å². The molecule has 3 rings (SSSR count). The zero-order valence-corrected chi connectivity index (χ0v) is 12.3. The lowest BCUT2D eigenvalue weighted by molar-refractivity contribution is -0.0290. The number of imidazole rings is 1. The van der Waals surface area contributed by atoms with Gasteiger partial charge in [0.25, 0.3) is 0 Å². The van der Waals surface area contributed by atoms with Crippen molar-refractivity contribution in [3.05, 3.63) is 12.4 Å². The lowest BCUT2D eigenvalue weighted by atomic mass is 10.1. The highest BCUT2D eigenvalue weighted by atomic mass is 32.2. The molecule has 0 spiro atoms. The van der Waals surface area contributed by atoms with Gasteiger partial charge in [-0.05, 0) is 0 Å². The van der Waals surface area contributed by atoms with E-state index in [2.05, 4.69) is 15.0 Å². The average Bonchev–Trinajstić information content (AvgIpc) is 2.95. The van der Waals surface area contributed by atoms with Gasteiger partial charge in [0.2, 0.25) is 0 Å². The van der Waals surface area contributed by atoms with Crippen LogP contribution < -0.4 is 5.73 Å². The van der Waals surface area contributed by atoms with Gasteiger partial charge in [0.1, 0.15) is 18.3 Å². The number of nitrogen functional groups attached to an aromatic ring is 1. The first-order valence-electron chi connectivity index (χ1n) is 6.35. The maximum atomic E-state index is 13.3. The van der Waals surface area contributed by atoms with Crippen LogP contribution in [0.1, 0.15) is 6.23 Å². The molecule has 1 unspecified atom stereocenters. The van der Waals surface area contributed by atoms with E-state index in [0.29, 0.717) is 0 Å². The molecule has 22 heavy (non-hydrogen) atoms. The topological polar surface area (TPSA) is 136 Å². The second-order valence-corrected chi connectivity index (χ2v) is 6.47. The van der Waals surface area contributed by atoms with Crippen molar-refractivity contribution in [1.29, 1.82) is 0 Å². The van der Waals surface area contributed by atoms with Gasteiger partial charge in [-0.25, -0.2) is 4.98 Å². The van der Waals surface area contributed by atoms with Crippen molar-refractivity contribution in [1.82, 2.24) is 19.5 Å². The zero-order valence-electron chi connectivity index (χ0n) is 11.5. The van der Waals surface area contributed by atoms with Crippen molar-refractivity contribution in [2.75, 3.05) is 17.7 Å². The molecule has 0 radical (unpaired) electrons. The molecule has 3 heterocycles. The maximum Gasteiger partial charge on any atom is 0.312 e. The fourth-order valence-corrected chi connectivity index (χ4v) is 3.16. The Kier molecular flexibility index (Phi) is 3.80. The number of aromatic nitrogens is 4. The number of anilines is 1. The summed E-state index contributed by atoms with van der Waals surface area (Å²) in [5.74, 6) is -0.0761. The third-order valence-corrected chi connectivity index (χ3v) is 4.23. The number of halogens is 1. The number of nitrogens with two attached hydrogens (primary N) is 1. The quantitative estimate of drug-likeness (QED) is 0.581. The van der Waals surface area contributed by atoms with E-state index in [-0.39, 0.29) is 22.7 Å². The predicted molar refractivity (Wildman–Crippen MR) is 74.6 cm³/mol. The maximum absolute atomic E-state index is 13.3. The Morgan fingerprint density at radius 1 is 1.45 bits per heavy atom. The summed E-state index contributed by atoms with van der Waals surface area (Å²) in [7, 11) is -1.21. The molecule has 0 saturated carbocycles. The minimum Gasteiger partial charge on any atom is -0.387 e. The van der Waals surface area contributed by atoms with Crippen LogP contribution >= 0.6 is 0 Å². The first kappa shape index (κ1) is 15.2. The third-order valence-electron chi connectivity index (χ3n) is 3.43. The van der Waals surface area contributed by atoms with Gasteiger partial charge in [-0.15, -0.1) is 0 Å². The standard InChI is InChI=1S/C11H14FN5O4S/c1-22(20)2-4-6(18)7(19)10(21-4)17-3-14-5-8(13)15-11(12)16-9(5)17/h3-4,6-7,10,18-19H,2H2,1H3,(H2,13,15,16)/t4-,6-,7-,10-,22?/m1/s1. The van der Waals surface area contributed by atoms with Gasteiger partial charge < -0.3 is 20.7 Å². The normalized spacial score (nSPS) is 30.0. The van der Waals surface area contributed by atoms with Crippen LogP contribution in [0.3, 0.4) is 0 Å². The smallest absolute Gasteiger partial charge is 0.312 e. The molecular weight excluding hydrogens is 317 g/mol. The fourth-order valence-electron chi connectivity index (χ4n) is 2.42. The van der Waals surface area contributed by atoms with Crippen LogP contribution in [0.25, 0.3) is 11.2 Å². The molecule has 1 fully saturated rings. The fraction of sp³-hybridized carbons (Fsp3) is 0.545. The molecule has 1 aliphatic rings. The molecule has 1 saturated heterocycles. The number of aliphatic hydroxyl groups excluding tert-OH is 2. The Morgan fingerprint density at radius 2 is 2.18 bits per heavy atom. The van der Waals surface area contributed by atoms with Crippen LogP contribution in [0.4, 0.5) is 10.2 Å². The Hall–Kier alpha value is -1.69. The molecule has 5 atom stereocenters. The summed E-state index contributed by atoms with van der Waals surface area (Å²) >= 11 is 0. The van der Waals surface area contributed by atoms with Crippen molar-refractivity contribution in [2.24, 2.45) is 0 Å². The molecule has 0 bridgehead atoms. The van der Waals surface area contributed by atoms with Crippen LogP contribution in [-0.4, -0.2) is 64.3 Å². The molecule has 11 heteroatoms. The second kappa shape index (κ2) is 5.50. The highest BCUT2D eigenvalue weighted by molar-refractivity contribution is 7.84. The number of nitrogens with zero attached hydrogens (tertiary/aromatic N) is 4. The molecule has 4 N–H and O–H groups in total. The van der Waals surface area contributed by atoms with Gasteiger partial charge in [0.15, 0.2) is 23.2 Å². The summed E-state index contributed by atoms with van der Waals surface area (Å²) < 4.78 is 31.4. The lowest BCUT2D eigenvalue weighted by Crippen LogP contribution is -2.34. The minimum absolute atomic E-state index is 0.0412. The van der Waals surface area contributed by atoms with E-state index < -0.39 is 41.4 Å². The number of ether oxygens (including phenoxy) is 1. The minimum atomic E-state index is -1.30. The van der Waals surface area contributed by atoms with Crippen LogP contribution in [0.2, 0.25) is 0 Å².